The van der Waals surface area contributed by atoms with Crippen molar-refractivity contribution < 1.29 is 14.3 Å². The van der Waals surface area contributed by atoms with Gasteiger partial charge in [-0.3, -0.25) is 14.5 Å². The van der Waals surface area contributed by atoms with Gasteiger partial charge in [0.15, 0.2) is 0 Å². The van der Waals surface area contributed by atoms with Crippen molar-refractivity contribution >= 4 is 23.2 Å². The Labute approximate surface area is 160 Å². The Hall–Kier alpha value is -2.12. The van der Waals surface area contributed by atoms with E-state index >= 15 is 0 Å². The van der Waals surface area contributed by atoms with E-state index in [4.69, 9.17) is 4.74 Å². The number of carbonyl (C=O) groups is 2. The van der Waals surface area contributed by atoms with Crippen molar-refractivity contribution in [3.05, 3.63) is 24.3 Å². The highest BCUT2D eigenvalue weighted by Crippen LogP contribution is 2.36. The smallest absolute Gasteiger partial charge is 0.250 e. The largest absolute Gasteiger partial charge is 0.379 e. The fraction of sp³-hybridized carbons (Fsp3) is 0.600. The van der Waals surface area contributed by atoms with Crippen LogP contribution in [0.15, 0.2) is 24.3 Å². The number of amides is 2. The first-order chi connectivity index (χ1) is 13.1. The highest BCUT2D eigenvalue weighted by Gasteiger charge is 2.45. The van der Waals surface area contributed by atoms with E-state index in [0.29, 0.717) is 25.9 Å². The zero-order valence-corrected chi connectivity index (χ0v) is 15.9. The molecule has 1 aromatic rings. The van der Waals surface area contributed by atoms with Gasteiger partial charge in [0, 0.05) is 38.6 Å². The Morgan fingerprint density at radius 2 is 1.81 bits per heavy atom. The molecule has 0 bridgehead atoms. The molecular weight excluding hydrogens is 344 g/mol. The average molecular weight is 372 g/mol. The van der Waals surface area contributed by atoms with Gasteiger partial charge in [0.05, 0.1) is 24.6 Å². The van der Waals surface area contributed by atoms with E-state index in [1.54, 1.807) is 0 Å². The number of fused-ring (bicyclic) bond motifs is 1. The Kier molecular flexibility index (Phi) is 5.06. The number of carbonyl (C=O) groups excluding carboxylic acids is 2. The second kappa shape index (κ2) is 7.48. The van der Waals surface area contributed by atoms with Crippen LogP contribution in [0.1, 0.15) is 19.8 Å². The van der Waals surface area contributed by atoms with Crippen molar-refractivity contribution in [2.45, 2.75) is 25.3 Å². The monoisotopic (exact) mass is 372 g/mol. The van der Waals surface area contributed by atoms with Gasteiger partial charge >= 0.3 is 0 Å². The first kappa shape index (κ1) is 18.3. The lowest BCUT2D eigenvalue weighted by molar-refractivity contribution is -0.139. The number of para-hydroxylation sites is 2. The summed E-state index contributed by atoms with van der Waals surface area (Å²) in [5, 5.41) is 6.46. The maximum Gasteiger partial charge on any atom is 0.250 e. The van der Waals surface area contributed by atoms with Crippen molar-refractivity contribution in [2.24, 2.45) is 5.92 Å². The van der Waals surface area contributed by atoms with Crippen LogP contribution in [0.25, 0.3) is 0 Å². The Bertz CT molecular complexity index is 709. The van der Waals surface area contributed by atoms with Gasteiger partial charge in [0.25, 0.3) is 0 Å². The molecule has 3 aliphatic rings. The predicted octanol–water partition coefficient (Wildman–Crippen LogP) is 1.38. The Morgan fingerprint density at radius 1 is 1.15 bits per heavy atom. The summed E-state index contributed by atoms with van der Waals surface area (Å²) in [5.41, 5.74) is 1.17. The minimum Gasteiger partial charge on any atom is -0.379 e. The van der Waals surface area contributed by atoms with Crippen LogP contribution in [0.5, 0.6) is 0 Å². The number of ether oxygens (including phenoxy) is 1. The molecular formula is C20H28N4O3. The van der Waals surface area contributed by atoms with E-state index in [0.717, 1.165) is 44.2 Å². The number of morpholine rings is 1. The van der Waals surface area contributed by atoms with Crippen LogP contribution >= 0.6 is 0 Å². The maximum absolute atomic E-state index is 12.9. The first-order valence-electron chi connectivity index (χ1n) is 9.85. The number of nitrogens with one attached hydrogen (secondary N) is 2. The number of nitrogens with zero attached hydrogens (tertiary/aromatic N) is 2. The van der Waals surface area contributed by atoms with Crippen molar-refractivity contribution in [3.63, 3.8) is 0 Å². The van der Waals surface area contributed by atoms with Gasteiger partial charge in [-0.1, -0.05) is 19.1 Å². The SMILES string of the molecule is CC(CN1CCOCC1)C(=O)N1CCC2(CC1)Nc1ccccc1NC2=O. The van der Waals surface area contributed by atoms with Gasteiger partial charge in [0.2, 0.25) is 11.8 Å². The number of benzene rings is 1. The molecule has 7 nitrogen and oxygen atoms in total. The highest BCUT2D eigenvalue weighted by molar-refractivity contribution is 6.06. The number of rotatable bonds is 3. The summed E-state index contributed by atoms with van der Waals surface area (Å²) in [4.78, 5) is 29.8. The fourth-order valence-corrected chi connectivity index (χ4v) is 4.28. The van der Waals surface area contributed by atoms with Crippen LogP contribution in [-0.4, -0.2) is 73.1 Å². The molecule has 2 saturated heterocycles. The molecule has 7 heteroatoms. The second-order valence-electron chi connectivity index (χ2n) is 7.85. The molecule has 2 amide bonds. The van der Waals surface area contributed by atoms with E-state index in [1.165, 1.54) is 0 Å². The number of hydrogen-bond acceptors (Lipinski definition) is 5. The summed E-state index contributed by atoms with van der Waals surface area (Å²) < 4.78 is 5.38. The minimum atomic E-state index is -0.613. The fourth-order valence-electron chi connectivity index (χ4n) is 4.28. The zero-order chi connectivity index (χ0) is 18.9. The van der Waals surface area contributed by atoms with Gasteiger partial charge in [-0.2, -0.15) is 0 Å². The third-order valence-electron chi connectivity index (χ3n) is 5.97. The second-order valence-corrected chi connectivity index (χ2v) is 7.85. The van der Waals surface area contributed by atoms with Crippen molar-refractivity contribution in [3.8, 4) is 0 Å². The van der Waals surface area contributed by atoms with Gasteiger partial charge in [0.1, 0.15) is 5.54 Å². The molecule has 1 atom stereocenters. The maximum atomic E-state index is 12.9. The zero-order valence-electron chi connectivity index (χ0n) is 15.9. The lowest BCUT2D eigenvalue weighted by atomic mass is 9.84. The van der Waals surface area contributed by atoms with Crippen LogP contribution in [0, 0.1) is 5.92 Å². The van der Waals surface area contributed by atoms with E-state index in [2.05, 4.69) is 15.5 Å². The van der Waals surface area contributed by atoms with Gasteiger partial charge in [-0.05, 0) is 25.0 Å². The van der Waals surface area contributed by atoms with E-state index < -0.39 is 5.54 Å². The summed E-state index contributed by atoms with van der Waals surface area (Å²) in [5.74, 6) is 0.161. The topological polar surface area (TPSA) is 73.9 Å². The molecule has 1 spiro atoms. The molecule has 2 N–H and O–H groups in total. The third kappa shape index (κ3) is 3.66. The van der Waals surface area contributed by atoms with Crippen LogP contribution < -0.4 is 10.6 Å². The number of anilines is 2. The van der Waals surface area contributed by atoms with Crippen LogP contribution in [0.4, 0.5) is 11.4 Å². The highest BCUT2D eigenvalue weighted by atomic mass is 16.5. The molecule has 0 radical (unpaired) electrons. The predicted molar refractivity (Wildman–Crippen MR) is 104 cm³/mol. The Balaban J connectivity index is 1.35. The normalized spacial score (nSPS) is 23.3. The number of piperidine rings is 1. The quantitative estimate of drug-likeness (QED) is 0.839. The van der Waals surface area contributed by atoms with Gasteiger partial charge in [-0.15, -0.1) is 0 Å². The summed E-state index contributed by atoms with van der Waals surface area (Å²) in [7, 11) is 0. The molecule has 3 aliphatic heterocycles. The molecule has 27 heavy (non-hydrogen) atoms. The standard InChI is InChI=1S/C20H28N4O3/c1-15(14-23-10-12-27-13-11-23)18(25)24-8-6-20(7-9-24)19(26)21-16-4-2-3-5-17(16)22-20/h2-5,15,22H,6-14H2,1H3,(H,21,26). The van der Waals surface area contributed by atoms with E-state index in [1.807, 2.05) is 36.1 Å². The molecule has 0 aliphatic carbocycles. The third-order valence-corrected chi connectivity index (χ3v) is 5.97. The lowest BCUT2D eigenvalue weighted by Crippen LogP contribution is -2.59. The number of likely N-dealkylation sites (tertiary alicyclic amines) is 1. The lowest BCUT2D eigenvalue weighted by Gasteiger charge is -2.45. The molecule has 146 valence electrons. The molecule has 4 rings (SSSR count). The molecule has 0 aromatic heterocycles. The molecule has 3 heterocycles. The van der Waals surface area contributed by atoms with Gasteiger partial charge in [-0.25, -0.2) is 0 Å². The molecule has 2 fully saturated rings. The van der Waals surface area contributed by atoms with E-state index in [-0.39, 0.29) is 17.7 Å². The molecule has 1 unspecified atom stereocenters. The van der Waals surface area contributed by atoms with E-state index in [9.17, 15) is 9.59 Å². The number of hydrogen-bond donors (Lipinski definition) is 2. The molecule has 0 saturated carbocycles. The Morgan fingerprint density at radius 3 is 2.52 bits per heavy atom. The first-order valence-corrected chi connectivity index (χ1v) is 9.85. The summed E-state index contributed by atoms with van der Waals surface area (Å²) in [6, 6.07) is 7.76. The van der Waals surface area contributed by atoms with Crippen molar-refractivity contribution in [1.29, 1.82) is 0 Å². The van der Waals surface area contributed by atoms with Crippen molar-refractivity contribution in [2.75, 3.05) is 56.6 Å². The van der Waals surface area contributed by atoms with Gasteiger partial charge < -0.3 is 20.3 Å². The van der Waals surface area contributed by atoms with Crippen LogP contribution in [0.3, 0.4) is 0 Å². The minimum absolute atomic E-state index is 0.00895. The van der Waals surface area contributed by atoms with Crippen LogP contribution in [0.2, 0.25) is 0 Å². The molecule has 1 aromatic carbocycles. The summed E-state index contributed by atoms with van der Waals surface area (Å²) in [6.45, 7) is 7.27. The summed E-state index contributed by atoms with van der Waals surface area (Å²) in [6.07, 6.45) is 1.26. The van der Waals surface area contributed by atoms with Crippen LogP contribution in [-0.2, 0) is 14.3 Å². The summed E-state index contributed by atoms with van der Waals surface area (Å²) >= 11 is 0. The van der Waals surface area contributed by atoms with Crippen molar-refractivity contribution in [1.82, 2.24) is 9.80 Å². The average Bonchev–Trinajstić information content (AvgIpc) is 2.70.